The minimum atomic E-state index is -0.353. The molecule has 8 heteroatoms. The van der Waals surface area contributed by atoms with Crippen molar-refractivity contribution in [3.8, 4) is 0 Å². The number of benzene rings is 1. The summed E-state index contributed by atoms with van der Waals surface area (Å²) in [5, 5.41) is 11.6. The number of amides is 1. The molecule has 0 unspecified atom stereocenters. The zero-order valence-electron chi connectivity index (χ0n) is 15.1. The molecule has 1 fully saturated rings. The van der Waals surface area contributed by atoms with Gasteiger partial charge >= 0.3 is 0 Å². The standard InChI is InChI=1S/C20H19N5O3/c26-17-11-15(12-6-8-21-9-7-12)25-19(23-17)18-13(3-1-4-14(18)24-25)22-20(27)16-5-2-10-28-16/h1-5,10-12,21H,6-9H2,(H,22,27)(H,23,26). The second-order valence-electron chi connectivity index (χ2n) is 6.97. The van der Waals surface area contributed by atoms with Crippen molar-refractivity contribution in [1.82, 2.24) is 19.9 Å². The second kappa shape index (κ2) is 6.65. The molecule has 4 heterocycles. The number of piperidine rings is 1. The molecule has 0 saturated carbocycles. The van der Waals surface area contributed by atoms with Crippen molar-refractivity contribution in [2.24, 2.45) is 0 Å². The van der Waals surface area contributed by atoms with Crippen molar-refractivity contribution in [3.63, 3.8) is 0 Å². The van der Waals surface area contributed by atoms with E-state index in [2.05, 4.69) is 15.6 Å². The fourth-order valence-electron chi connectivity index (χ4n) is 3.89. The summed E-state index contributed by atoms with van der Waals surface area (Å²) in [5.74, 6) is 0.132. The Kier molecular flexibility index (Phi) is 3.98. The lowest BCUT2D eigenvalue weighted by Gasteiger charge is -2.23. The molecule has 0 spiro atoms. The van der Waals surface area contributed by atoms with Crippen LogP contribution in [0.1, 0.15) is 35.0 Å². The quantitative estimate of drug-likeness (QED) is 0.509. The lowest BCUT2D eigenvalue weighted by atomic mass is 9.94. The molecule has 5 rings (SSSR count). The molecule has 1 aliphatic heterocycles. The molecule has 4 aromatic rings. The van der Waals surface area contributed by atoms with Gasteiger partial charge in [-0.25, -0.2) is 4.52 Å². The number of H-pyrrole nitrogens is 1. The van der Waals surface area contributed by atoms with Crippen LogP contribution in [-0.2, 0) is 0 Å². The first-order valence-corrected chi connectivity index (χ1v) is 9.31. The Morgan fingerprint density at radius 3 is 2.86 bits per heavy atom. The summed E-state index contributed by atoms with van der Waals surface area (Å²) < 4.78 is 6.98. The highest BCUT2D eigenvalue weighted by molar-refractivity contribution is 6.11. The number of aromatic nitrogens is 3. The van der Waals surface area contributed by atoms with E-state index in [0.717, 1.165) is 31.6 Å². The fraction of sp³-hybridized carbons (Fsp3) is 0.250. The van der Waals surface area contributed by atoms with Crippen LogP contribution in [0.15, 0.2) is 51.9 Å². The predicted molar refractivity (Wildman–Crippen MR) is 105 cm³/mol. The van der Waals surface area contributed by atoms with Gasteiger partial charge < -0.3 is 20.0 Å². The van der Waals surface area contributed by atoms with Gasteiger partial charge in [0.2, 0.25) is 0 Å². The molecular weight excluding hydrogens is 358 g/mol. The molecule has 1 aliphatic rings. The Morgan fingerprint density at radius 1 is 1.21 bits per heavy atom. The van der Waals surface area contributed by atoms with E-state index in [1.165, 1.54) is 6.26 Å². The van der Waals surface area contributed by atoms with Crippen LogP contribution in [0.25, 0.3) is 16.6 Å². The summed E-state index contributed by atoms with van der Waals surface area (Å²) in [4.78, 5) is 27.7. The summed E-state index contributed by atoms with van der Waals surface area (Å²) in [6.07, 6.45) is 3.36. The number of hydrogen-bond acceptors (Lipinski definition) is 5. The zero-order chi connectivity index (χ0) is 19.1. The van der Waals surface area contributed by atoms with E-state index in [9.17, 15) is 9.59 Å². The number of carbonyl (C=O) groups excluding carboxylic acids is 1. The van der Waals surface area contributed by atoms with Crippen LogP contribution >= 0.6 is 0 Å². The van der Waals surface area contributed by atoms with Gasteiger partial charge in [-0.2, -0.15) is 5.10 Å². The highest BCUT2D eigenvalue weighted by Crippen LogP contribution is 2.30. The van der Waals surface area contributed by atoms with Gasteiger partial charge in [0.1, 0.15) is 5.65 Å². The number of nitrogens with zero attached hydrogens (tertiary/aromatic N) is 2. The number of fused-ring (bicyclic) bond motifs is 3. The van der Waals surface area contributed by atoms with Gasteiger partial charge in [-0.15, -0.1) is 0 Å². The fourth-order valence-corrected chi connectivity index (χ4v) is 3.89. The summed E-state index contributed by atoms with van der Waals surface area (Å²) >= 11 is 0. The summed E-state index contributed by atoms with van der Waals surface area (Å²) in [6.45, 7) is 1.84. The van der Waals surface area contributed by atoms with Crippen LogP contribution in [0, 0.1) is 0 Å². The minimum absolute atomic E-state index is 0.171. The van der Waals surface area contributed by atoms with E-state index in [1.807, 2.05) is 16.6 Å². The van der Waals surface area contributed by atoms with E-state index in [4.69, 9.17) is 9.52 Å². The Bertz CT molecular complexity index is 1220. The van der Waals surface area contributed by atoms with E-state index < -0.39 is 0 Å². The first-order valence-electron chi connectivity index (χ1n) is 9.31. The molecule has 1 saturated heterocycles. The average Bonchev–Trinajstić information content (AvgIpc) is 3.36. The van der Waals surface area contributed by atoms with Gasteiger partial charge in [-0.3, -0.25) is 9.59 Å². The normalized spacial score (nSPS) is 15.3. The van der Waals surface area contributed by atoms with E-state index in [1.54, 1.807) is 24.3 Å². The van der Waals surface area contributed by atoms with Crippen molar-refractivity contribution in [2.45, 2.75) is 18.8 Å². The van der Waals surface area contributed by atoms with Crippen LogP contribution in [0.4, 0.5) is 5.69 Å². The van der Waals surface area contributed by atoms with Crippen LogP contribution in [0.5, 0.6) is 0 Å². The maximum Gasteiger partial charge on any atom is 0.291 e. The Morgan fingerprint density at radius 2 is 2.07 bits per heavy atom. The number of furan rings is 1. The lowest BCUT2D eigenvalue weighted by molar-refractivity contribution is 0.0997. The van der Waals surface area contributed by atoms with Gasteiger partial charge in [0.25, 0.3) is 11.5 Å². The molecule has 8 nitrogen and oxygen atoms in total. The topological polar surface area (TPSA) is 104 Å². The van der Waals surface area contributed by atoms with Gasteiger partial charge in [0.05, 0.1) is 28.5 Å². The molecule has 3 N–H and O–H groups in total. The highest BCUT2D eigenvalue weighted by Gasteiger charge is 2.22. The first-order chi connectivity index (χ1) is 13.7. The highest BCUT2D eigenvalue weighted by atomic mass is 16.3. The van der Waals surface area contributed by atoms with E-state index in [0.29, 0.717) is 22.2 Å². The van der Waals surface area contributed by atoms with Gasteiger partial charge in [-0.1, -0.05) is 6.07 Å². The van der Waals surface area contributed by atoms with Crippen LogP contribution < -0.4 is 16.2 Å². The third-order valence-corrected chi connectivity index (χ3v) is 5.21. The molecule has 0 radical (unpaired) electrons. The van der Waals surface area contributed by atoms with Crippen molar-refractivity contribution in [3.05, 3.63) is 64.5 Å². The molecule has 28 heavy (non-hydrogen) atoms. The molecule has 1 aromatic carbocycles. The monoisotopic (exact) mass is 377 g/mol. The Hall–Kier alpha value is -3.39. The molecule has 1 amide bonds. The third kappa shape index (κ3) is 2.78. The van der Waals surface area contributed by atoms with Gasteiger partial charge in [-0.05, 0) is 50.2 Å². The SMILES string of the molecule is O=C(Nc1cccc2nn3c(C4CCNCC4)cc(=O)[nH]c3c12)c1ccco1. The molecular formula is C20H19N5O3. The zero-order valence-corrected chi connectivity index (χ0v) is 15.1. The van der Waals surface area contributed by atoms with Crippen LogP contribution in [0.3, 0.4) is 0 Å². The minimum Gasteiger partial charge on any atom is -0.459 e. The van der Waals surface area contributed by atoms with Gasteiger partial charge in [0.15, 0.2) is 5.76 Å². The Balaban J connectivity index is 1.67. The lowest BCUT2D eigenvalue weighted by Crippen LogP contribution is -2.28. The summed E-state index contributed by atoms with van der Waals surface area (Å²) in [6, 6.07) is 10.4. The summed E-state index contributed by atoms with van der Waals surface area (Å²) in [7, 11) is 0. The van der Waals surface area contributed by atoms with Gasteiger partial charge in [0, 0.05) is 12.0 Å². The Labute approximate surface area is 159 Å². The molecule has 0 atom stereocenters. The van der Waals surface area contributed by atoms with Crippen molar-refractivity contribution in [1.29, 1.82) is 0 Å². The predicted octanol–water partition coefficient (Wildman–Crippen LogP) is 2.49. The number of anilines is 1. The van der Waals surface area contributed by atoms with Crippen LogP contribution in [-0.4, -0.2) is 33.6 Å². The number of hydrogen-bond donors (Lipinski definition) is 3. The number of aromatic amines is 1. The van der Waals surface area contributed by atoms with E-state index >= 15 is 0 Å². The largest absolute Gasteiger partial charge is 0.459 e. The first kappa shape index (κ1) is 16.8. The average molecular weight is 377 g/mol. The molecule has 142 valence electrons. The maximum absolute atomic E-state index is 12.4. The second-order valence-corrected chi connectivity index (χ2v) is 6.97. The maximum atomic E-state index is 12.4. The smallest absolute Gasteiger partial charge is 0.291 e. The van der Waals surface area contributed by atoms with Crippen LogP contribution in [0.2, 0.25) is 0 Å². The van der Waals surface area contributed by atoms with Crippen molar-refractivity contribution in [2.75, 3.05) is 18.4 Å². The molecule has 0 aliphatic carbocycles. The van der Waals surface area contributed by atoms with Crippen molar-refractivity contribution < 1.29 is 9.21 Å². The number of carbonyl (C=O) groups is 1. The summed E-state index contributed by atoms with van der Waals surface area (Å²) in [5.41, 5.74) is 2.60. The molecule has 0 bridgehead atoms. The van der Waals surface area contributed by atoms with E-state index in [-0.39, 0.29) is 23.1 Å². The third-order valence-electron chi connectivity index (χ3n) is 5.21. The number of rotatable bonds is 3. The number of nitrogens with one attached hydrogen (secondary N) is 3. The van der Waals surface area contributed by atoms with Crippen molar-refractivity contribution >= 4 is 28.1 Å². The molecule has 3 aromatic heterocycles.